The molecule has 2 aliphatic rings. The Kier molecular flexibility index (Phi) is 4.82. The molecule has 1 N–H and O–H groups in total. The summed E-state index contributed by atoms with van der Waals surface area (Å²) in [6, 6.07) is 5.59. The van der Waals surface area contributed by atoms with Gasteiger partial charge in [-0.25, -0.2) is 0 Å². The van der Waals surface area contributed by atoms with Crippen molar-refractivity contribution in [1.82, 2.24) is 19.6 Å². The first-order chi connectivity index (χ1) is 12.6. The van der Waals surface area contributed by atoms with Gasteiger partial charge in [-0.2, -0.15) is 5.10 Å². The molecular formula is C19H26N4O3. The van der Waals surface area contributed by atoms with Crippen molar-refractivity contribution in [3.63, 3.8) is 0 Å². The van der Waals surface area contributed by atoms with Crippen LogP contribution in [-0.4, -0.2) is 50.2 Å². The first kappa shape index (κ1) is 17.3. The summed E-state index contributed by atoms with van der Waals surface area (Å²) in [5, 5.41) is 14.2. The molecule has 0 aliphatic carbocycles. The van der Waals surface area contributed by atoms with Crippen molar-refractivity contribution in [3.05, 3.63) is 41.1 Å². The lowest BCUT2D eigenvalue weighted by atomic mass is 10.2. The van der Waals surface area contributed by atoms with Gasteiger partial charge >= 0.3 is 0 Å². The number of rotatable bonds is 4. The molecule has 0 bridgehead atoms. The third-order valence-corrected chi connectivity index (χ3v) is 5.20. The van der Waals surface area contributed by atoms with E-state index < -0.39 is 6.10 Å². The van der Waals surface area contributed by atoms with Gasteiger partial charge in [0.25, 0.3) is 5.91 Å². The minimum Gasteiger partial charge on any atom is -0.455 e. The van der Waals surface area contributed by atoms with Gasteiger partial charge < -0.3 is 14.4 Å². The largest absolute Gasteiger partial charge is 0.455 e. The number of hydrogen-bond donors (Lipinski definition) is 1. The molecule has 7 nitrogen and oxygen atoms in total. The zero-order valence-electron chi connectivity index (χ0n) is 15.2. The van der Waals surface area contributed by atoms with Crippen LogP contribution in [0.3, 0.4) is 0 Å². The molecule has 4 rings (SSSR count). The van der Waals surface area contributed by atoms with Gasteiger partial charge in [-0.1, -0.05) is 0 Å². The number of aliphatic hydroxyl groups is 1. The summed E-state index contributed by atoms with van der Waals surface area (Å²) in [7, 11) is 0. The molecule has 7 heteroatoms. The fourth-order valence-corrected chi connectivity index (χ4v) is 3.76. The number of aryl methyl sites for hydroxylation is 1. The van der Waals surface area contributed by atoms with Gasteiger partial charge in [0.05, 0.1) is 30.6 Å². The predicted octanol–water partition coefficient (Wildman–Crippen LogP) is 2.17. The van der Waals surface area contributed by atoms with Crippen LogP contribution in [0.4, 0.5) is 0 Å². The lowest BCUT2D eigenvalue weighted by Gasteiger charge is -2.18. The molecule has 0 spiro atoms. The SMILES string of the molecule is C[C@H](O)c1cc2n(n1)CCCN(C(=O)c1ccc(CN3CCCC3)o1)C2. The van der Waals surface area contributed by atoms with Crippen LogP contribution in [0.2, 0.25) is 0 Å². The number of hydrogen-bond acceptors (Lipinski definition) is 5. The van der Waals surface area contributed by atoms with E-state index in [9.17, 15) is 9.90 Å². The number of fused-ring (bicyclic) bond motifs is 1. The summed E-state index contributed by atoms with van der Waals surface area (Å²) in [5.74, 6) is 1.18. The second-order valence-corrected chi connectivity index (χ2v) is 7.29. The van der Waals surface area contributed by atoms with E-state index in [1.54, 1.807) is 13.0 Å². The van der Waals surface area contributed by atoms with Crippen LogP contribution in [0.5, 0.6) is 0 Å². The van der Waals surface area contributed by atoms with Gasteiger partial charge in [0.2, 0.25) is 0 Å². The van der Waals surface area contributed by atoms with Gasteiger partial charge in [-0.05, 0) is 57.5 Å². The van der Waals surface area contributed by atoms with Crippen molar-refractivity contribution in [2.75, 3.05) is 19.6 Å². The van der Waals surface area contributed by atoms with E-state index in [0.29, 0.717) is 24.5 Å². The van der Waals surface area contributed by atoms with E-state index in [0.717, 1.165) is 44.1 Å². The molecule has 0 aromatic carbocycles. The number of aliphatic hydroxyl groups excluding tert-OH is 1. The Hall–Kier alpha value is -2.12. The van der Waals surface area contributed by atoms with E-state index in [1.807, 2.05) is 21.7 Å². The van der Waals surface area contributed by atoms with Crippen molar-refractivity contribution in [3.8, 4) is 0 Å². The normalized spacial score (nSPS) is 19.4. The Morgan fingerprint density at radius 2 is 2.04 bits per heavy atom. The minimum absolute atomic E-state index is 0.0779. The molecule has 140 valence electrons. The third kappa shape index (κ3) is 3.54. The summed E-state index contributed by atoms with van der Waals surface area (Å²) in [4.78, 5) is 17.1. The smallest absolute Gasteiger partial charge is 0.289 e. The van der Waals surface area contributed by atoms with Crippen LogP contribution in [-0.2, 0) is 19.6 Å². The highest BCUT2D eigenvalue weighted by Crippen LogP contribution is 2.21. The summed E-state index contributed by atoms with van der Waals surface area (Å²) in [5.41, 5.74) is 1.61. The molecule has 4 heterocycles. The Labute approximate surface area is 153 Å². The summed E-state index contributed by atoms with van der Waals surface area (Å²) < 4.78 is 7.74. The Balaban J connectivity index is 1.46. The van der Waals surface area contributed by atoms with Gasteiger partial charge in [0, 0.05) is 13.1 Å². The molecule has 2 aromatic heterocycles. The molecule has 1 saturated heterocycles. The summed E-state index contributed by atoms with van der Waals surface area (Å²) >= 11 is 0. The molecule has 2 aliphatic heterocycles. The van der Waals surface area contributed by atoms with Crippen molar-refractivity contribution >= 4 is 5.91 Å². The minimum atomic E-state index is -0.600. The molecular weight excluding hydrogens is 332 g/mol. The molecule has 2 aromatic rings. The molecule has 1 amide bonds. The highest BCUT2D eigenvalue weighted by Gasteiger charge is 2.25. The average molecular weight is 358 g/mol. The average Bonchev–Trinajstić information content (AvgIpc) is 3.34. The Bertz CT molecular complexity index is 774. The molecule has 0 unspecified atom stereocenters. The molecule has 1 fully saturated rings. The van der Waals surface area contributed by atoms with Gasteiger partial charge in [0.1, 0.15) is 5.76 Å². The topological polar surface area (TPSA) is 74.7 Å². The van der Waals surface area contributed by atoms with Crippen LogP contribution in [0.1, 0.15) is 60.0 Å². The number of amides is 1. The molecule has 26 heavy (non-hydrogen) atoms. The van der Waals surface area contributed by atoms with Crippen molar-refractivity contribution in [1.29, 1.82) is 0 Å². The maximum atomic E-state index is 12.9. The summed E-state index contributed by atoms with van der Waals surface area (Å²) in [6.07, 6.45) is 2.71. The molecule has 1 atom stereocenters. The van der Waals surface area contributed by atoms with Crippen LogP contribution >= 0.6 is 0 Å². The number of furan rings is 1. The molecule has 0 saturated carbocycles. The van der Waals surface area contributed by atoms with Crippen LogP contribution in [0.15, 0.2) is 22.6 Å². The summed E-state index contributed by atoms with van der Waals surface area (Å²) in [6.45, 7) is 6.60. The van der Waals surface area contributed by atoms with Gasteiger partial charge in [-0.3, -0.25) is 14.4 Å². The van der Waals surface area contributed by atoms with E-state index in [4.69, 9.17) is 4.42 Å². The van der Waals surface area contributed by atoms with Gasteiger partial charge in [0.15, 0.2) is 5.76 Å². The highest BCUT2D eigenvalue weighted by atomic mass is 16.4. The highest BCUT2D eigenvalue weighted by molar-refractivity contribution is 5.91. The lowest BCUT2D eigenvalue weighted by molar-refractivity contribution is 0.0710. The van der Waals surface area contributed by atoms with E-state index in [2.05, 4.69) is 10.00 Å². The zero-order chi connectivity index (χ0) is 18.1. The number of carbonyl (C=O) groups is 1. The number of likely N-dealkylation sites (tertiary alicyclic amines) is 1. The van der Waals surface area contributed by atoms with E-state index >= 15 is 0 Å². The molecule has 0 radical (unpaired) electrons. The van der Waals surface area contributed by atoms with Crippen LogP contribution in [0, 0.1) is 0 Å². The predicted molar refractivity (Wildman–Crippen MR) is 95.4 cm³/mol. The van der Waals surface area contributed by atoms with Crippen LogP contribution < -0.4 is 0 Å². The van der Waals surface area contributed by atoms with E-state index in [1.165, 1.54) is 12.8 Å². The van der Waals surface area contributed by atoms with Crippen molar-refractivity contribution in [2.45, 2.75) is 51.9 Å². The Morgan fingerprint density at radius 1 is 1.23 bits per heavy atom. The van der Waals surface area contributed by atoms with E-state index in [-0.39, 0.29) is 5.91 Å². The maximum absolute atomic E-state index is 12.9. The standard InChI is InChI=1S/C19H26N4O3/c1-14(24)17-11-15-12-22(9-4-10-23(15)20-17)19(25)18-6-5-16(26-18)13-21-7-2-3-8-21/h5-6,11,14,24H,2-4,7-10,12-13H2,1H3/t14-/m0/s1. The quantitative estimate of drug-likeness (QED) is 0.907. The second-order valence-electron chi connectivity index (χ2n) is 7.29. The third-order valence-electron chi connectivity index (χ3n) is 5.20. The fraction of sp³-hybridized carbons (Fsp3) is 0.579. The fourth-order valence-electron chi connectivity index (χ4n) is 3.76. The maximum Gasteiger partial charge on any atom is 0.289 e. The Morgan fingerprint density at radius 3 is 2.81 bits per heavy atom. The number of nitrogens with zero attached hydrogens (tertiary/aromatic N) is 4. The zero-order valence-corrected chi connectivity index (χ0v) is 15.2. The van der Waals surface area contributed by atoms with Crippen LogP contribution in [0.25, 0.3) is 0 Å². The first-order valence-electron chi connectivity index (χ1n) is 9.45. The lowest BCUT2D eigenvalue weighted by Crippen LogP contribution is -2.30. The van der Waals surface area contributed by atoms with Gasteiger partial charge in [-0.15, -0.1) is 0 Å². The monoisotopic (exact) mass is 358 g/mol. The van der Waals surface area contributed by atoms with Crippen molar-refractivity contribution in [2.24, 2.45) is 0 Å². The number of carbonyl (C=O) groups excluding carboxylic acids is 1. The first-order valence-corrected chi connectivity index (χ1v) is 9.45. The second kappa shape index (κ2) is 7.25. The number of aromatic nitrogens is 2. The van der Waals surface area contributed by atoms with Crippen molar-refractivity contribution < 1.29 is 14.3 Å².